The molecule has 3 rings (SSSR count). The van der Waals surface area contributed by atoms with Crippen LogP contribution in [-0.4, -0.2) is 22.0 Å². The van der Waals surface area contributed by atoms with E-state index in [-0.39, 0.29) is 11.3 Å². The number of ketones is 1. The quantitative estimate of drug-likeness (QED) is 0.389. The molecule has 7 heteroatoms. The second-order valence-electron chi connectivity index (χ2n) is 5.55. The number of hydrazone groups is 1. The maximum Gasteiger partial charge on any atom is 0.206 e. The zero-order chi connectivity index (χ0) is 17.6. The third kappa shape index (κ3) is 4.75. The molecule has 26 heavy (non-hydrogen) atoms. The van der Waals surface area contributed by atoms with Gasteiger partial charge in [-0.2, -0.15) is 5.10 Å². The van der Waals surface area contributed by atoms with E-state index in [1.807, 2.05) is 62.4 Å². The summed E-state index contributed by atoms with van der Waals surface area (Å²) in [6, 6.07) is 18.9. The molecule has 1 heterocycles. The molecule has 0 amide bonds. The molecule has 0 atom stereocenters. The number of aromatic nitrogens is 1. The molecule has 0 saturated carbocycles. The van der Waals surface area contributed by atoms with Crippen LogP contribution in [0.5, 0.6) is 0 Å². The van der Waals surface area contributed by atoms with Crippen LogP contribution in [0.1, 0.15) is 29.1 Å². The highest BCUT2D eigenvalue weighted by molar-refractivity contribution is 7.18. The summed E-state index contributed by atoms with van der Waals surface area (Å²) >= 11 is 1.31. The molecule has 4 N–H and O–H groups in total. The lowest BCUT2D eigenvalue weighted by molar-refractivity contribution is 0.104. The first-order chi connectivity index (χ1) is 12.1. The van der Waals surface area contributed by atoms with Crippen molar-refractivity contribution in [2.24, 2.45) is 5.10 Å². The van der Waals surface area contributed by atoms with Gasteiger partial charge in [0.05, 0.1) is 0 Å². The summed E-state index contributed by atoms with van der Waals surface area (Å²) < 4.78 is 0. The fraction of sp³-hybridized carbons (Fsp3) is 0.105. The summed E-state index contributed by atoms with van der Waals surface area (Å²) in [6.07, 6.45) is 0. The number of carbonyl (C=O) groups is 1. The van der Waals surface area contributed by atoms with E-state index in [1.54, 1.807) is 12.1 Å². The van der Waals surface area contributed by atoms with Crippen molar-refractivity contribution < 1.29 is 10.3 Å². The van der Waals surface area contributed by atoms with E-state index in [2.05, 4.69) is 20.8 Å². The van der Waals surface area contributed by atoms with Crippen LogP contribution in [0.25, 0.3) is 0 Å². The molecule has 1 aromatic heterocycles. The van der Waals surface area contributed by atoms with E-state index in [1.165, 1.54) is 11.3 Å². The van der Waals surface area contributed by atoms with Crippen LogP contribution in [0.3, 0.4) is 0 Å². The van der Waals surface area contributed by atoms with Gasteiger partial charge in [0.2, 0.25) is 5.78 Å². The number of anilines is 3. The summed E-state index contributed by atoms with van der Waals surface area (Å²) in [5.41, 5.74) is 5.28. The molecule has 0 fully saturated rings. The van der Waals surface area contributed by atoms with Crippen LogP contribution < -0.4 is 10.7 Å². The van der Waals surface area contributed by atoms with Gasteiger partial charge in [0.25, 0.3) is 0 Å². The van der Waals surface area contributed by atoms with Gasteiger partial charge in [-0.25, -0.2) is 4.98 Å². The smallest absolute Gasteiger partial charge is 0.206 e. The normalized spacial score (nSPS) is 9.77. The Morgan fingerprint density at radius 2 is 1.62 bits per heavy atom. The second kappa shape index (κ2) is 8.89. The van der Waals surface area contributed by atoms with Crippen LogP contribution in [0.2, 0.25) is 0 Å². The van der Waals surface area contributed by atoms with Gasteiger partial charge >= 0.3 is 0 Å². The Kier molecular flexibility index (Phi) is 6.60. The molecule has 0 saturated heterocycles. The van der Waals surface area contributed by atoms with E-state index in [9.17, 15) is 4.79 Å². The van der Waals surface area contributed by atoms with Crippen molar-refractivity contribution in [1.29, 1.82) is 0 Å². The molecule has 0 bridgehead atoms. The van der Waals surface area contributed by atoms with Gasteiger partial charge in [0, 0.05) is 17.0 Å². The largest absolute Gasteiger partial charge is 0.412 e. The number of hydrogen-bond acceptors (Lipinski definition) is 6. The van der Waals surface area contributed by atoms with Crippen LogP contribution >= 0.6 is 11.3 Å². The van der Waals surface area contributed by atoms with Crippen LogP contribution in [0.4, 0.5) is 16.6 Å². The third-order valence-corrected chi connectivity index (χ3v) is 4.25. The molecule has 0 unspecified atom stereocenters. The molecular weight excluding hydrogens is 348 g/mol. The molecule has 0 aliphatic rings. The number of hydrogen-bond donors (Lipinski definition) is 2. The number of benzene rings is 2. The average Bonchev–Trinajstić information content (AvgIpc) is 3.03. The van der Waals surface area contributed by atoms with Crippen molar-refractivity contribution in [3.05, 3.63) is 71.1 Å². The number of nitrogens with one attached hydrogen (secondary N) is 2. The van der Waals surface area contributed by atoms with Crippen molar-refractivity contribution >= 4 is 39.5 Å². The predicted molar refractivity (Wildman–Crippen MR) is 108 cm³/mol. The minimum absolute atomic E-state index is 0. The van der Waals surface area contributed by atoms with Crippen LogP contribution in [0, 0.1) is 0 Å². The van der Waals surface area contributed by atoms with Crippen molar-refractivity contribution in [3.8, 4) is 0 Å². The molecule has 2 aromatic carbocycles. The minimum atomic E-state index is -0.0781. The minimum Gasteiger partial charge on any atom is -0.412 e. The van der Waals surface area contributed by atoms with Gasteiger partial charge in [-0.3, -0.25) is 10.2 Å². The van der Waals surface area contributed by atoms with Crippen molar-refractivity contribution in [2.75, 3.05) is 10.7 Å². The highest BCUT2D eigenvalue weighted by Gasteiger charge is 2.19. The number of rotatable bonds is 6. The molecule has 6 nitrogen and oxygen atoms in total. The average molecular weight is 368 g/mol. The second-order valence-corrected chi connectivity index (χ2v) is 6.55. The lowest BCUT2D eigenvalue weighted by atomic mass is 10.1. The van der Waals surface area contributed by atoms with E-state index in [4.69, 9.17) is 0 Å². The summed E-state index contributed by atoms with van der Waals surface area (Å²) in [5, 5.41) is 8.04. The fourth-order valence-corrected chi connectivity index (χ4v) is 3.03. The first-order valence-electron chi connectivity index (χ1n) is 7.83. The summed E-state index contributed by atoms with van der Waals surface area (Å²) in [5.74, 6) is 0.379. The highest BCUT2D eigenvalue weighted by atomic mass is 32.1. The Balaban J connectivity index is 0.00000243. The SMILES string of the molecule is CC(C)=NNc1nc(Nc2ccccc2)sc1C(=O)c1ccccc1.O. The predicted octanol–water partition coefficient (Wildman–Crippen LogP) is 4.10. The van der Waals surface area contributed by atoms with Crippen molar-refractivity contribution in [1.82, 2.24) is 4.98 Å². The zero-order valence-corrected chi connectivity index (χ0v) is 15.3. The number of carbonyl (C=O) groups excluding carboxylic acids is 1. The van der Waals surface area contributed by atoms with Gasteiger partial charge in [0.1, 0.15) is 4.88 Å². The standard InChI is InChI=1S/C19H18N4OS.H2O/c1-13(2)22-23-18-17(16(24)14-9-5-3-6-10-14)25-19(21-18)20-15-11-7-4-8-12-15;/h3-12,23H,1-2H3,(H,20,21);1H2. The first-order valence-corrected chi connectivity index (χ1v) is 8.64. The van der Waals surface area contributed by atoms with Gasteiger partial charge in [-0.15, -0.1) is 0 Å². The first kappa shape index (κ1) is 19.3. The Hall–Kier alpha value is -3.03. The van der Waals surface area contributed by atoms with Crippen molar-refractivity contribution in [3.63, 3.8) is 0 Å². The number of nitrogens with zero attached hydrogens (tertiary/aromatic N) is 2. The Labute approximate surface area is 155 Å². The van der Waals surface area contributed by atoms with E-state index in [0.29, 0.717) is 21.4 Å². The molecule has 0 aliphatic heterocycles. The molecule has 134 valence electrons. The van der Waals surface area contributed by atoms with E-state index in [0.717, 1.165) is 11.4 Å². The Morgan fingerprint density at radius 3 is 2.23 bits per heavy atom. The maximum absolute atomic E-state index is 12.8. The number of thiazole rings is 1. The van der Waals surface area contributed by atoms with Gasteiger partial charge in [-0.1, -0.05) is 59.9 Å². The highest BCUT2D eigenvalue weighted by Crippen LogP contribution is 2.31. The van der Waals surface area contributed by atoms with Crippen LogP contribution in [-0.2, 0) is 0 Å². The molecule has 0 aliphatic carbocycles. The van der Waals surface area contributed by atoms with E-state index >= 15 is 0 Å². The Morgan fingerprint density at radius 1 is 1.00 bits per heavy atom. The fourth-order valence-electron chi connectivity index (χ4n) is 2.13. The summed E-state index contributed by atoms with van der Waals surface area (Å²) in [4.78, 5) is 17.8. The third-order valence-electron chi connectivity index (χ3n) is 3.28. The van der Waals surface area contributed by atoms with Crippen LogP contribution in [0.15, 0.2) is 65.8 Å². The Bertz CT molecular complexity index is 888. The van der Waals surface area contributed by atoms with Crippen molar-refractivity contribution in [2.45, 2.75) is 13.8 Å². The number of para-hydroxylation sites is 1. The zero-order valence-electron chi connectivity index (χ0n) is 14.5. The maximum atomic E-state index is 12.8. The van der Waals surface area contributed by atoms with Gasteiger partial charge in [0.15, 0.2) is 10.9 Å². The summed E-state index contributed by atoms with van der Waals surface area (Å²) in [7, 11) is 0. The lowest BCUT2D eigenvalue weighted by Crippen LogP contribution is -2.03. The lowest BCUT2D eigenvalue weighted by Gasteiger charge is -2.01. The topological polar surface area (TPSA) is 97.9 Å². The molecular formula is C19H20N4O2S. The molecule has 0 spiro atoms. The monoisotopic (exact) mass is 368 g/mol. The summed E-state index contributed by atoms with van der Waals surface area (Å²) in [6.45, 7) is 3.75. The van der Waals surface area contributed by atoms with Gasteiger partial charge in [-0.05, 0) is 26.0 Å². The van der Waals surface area contributed by atoms with Gasteiger partial charge < -0.3 is 10.8 Å². The molecule has 0 radical (unpaired) electrons. The van der Waals surface area contributed by atoms with E-state index < -0.39 is 0 Å². The molecule has 3 aromatic rings.